The summed E-state index contributed by atoms with van der Waals surface area (Å²) in [5.74, 6) is 0. The second kappa shape index (κ2) is 4.08. The summed E-state index contributed by atoms with van der Waals surface area (Å²) < 4.78 is 0. The summed E-state index contributed by atoms with van der Waals surface area (Å²) in [6.45, 7) is 3.99. The fourth-order valence-electron chi connectivity index (χ4n) is 0.618. The van der Waals surface area contributed by atoms with Crippen molar-refractivity contribution in [3.05, 3.63) is 11.6 Å². The van der Waals surface area contributed by atoms with Crippen molar-refractivity contribution in [1.29, 1.82) is 5.26 Å². The van der Waals surface area contributed by atoms with Gasteiger partial charge in [-0.25, -0.2) is 0 Å². The topological polar surface area (TPSA) is 27.0 Å². The summed E-state index contributed by atoms with van der Waals surface area (Å²) in [6, 6.07) is 2.10. The van der Waals surface area contributed by atoms with Crippen LogP contribution in [-0.2, 0) is 0 Å². The Bertz CT molecular complexity index is 159. The van der Waals surface area contributed by atoms with Crippen LogP contribution >= 0.6 is 0 Å². The molecule has 0 saturated heterocycles. The average molecular weight is 138 g/mol. The molecule has 56 valence electrons. The van der Waals surface area contributed by atoms with Crippen LogP contribution in [0, 0.1) is 11.3 Å². The first-order valence-corrected chi connectivity index (χ1v) is 3.29. The highest BCUT2D eigenvalue weighted by atomic mass is 15.1. The number of likely N-dealkylation sites (N-methyl/N-ethyl adjacent to an activating group) is 1. The van der Waals surface area contributed by atoms with Crippen LogP contribution in [0.3, 0.4) is 0 Å². The number of allylic oxidation sites excluding steroid dienone is 1. The SMILES string of the molecule is CC(C)=CC(C#N)N(C)C. The van der Waals surface area contributed by atoms with E-state index in [-0.39, 0.29) is 6.04 Å². The van der Waals surface area contributed by atoms with Crippen LogP contribution in [-0.4, -0.2) is 25.0 Å². The van der Waals surface area contributed by atoms with Crippen molar-refractivity contribution in [3.63, 3.8) is 0 Å². The Kier molecular flexibility index (Phi) is 3.75. The van der Waals surface area contributed by atoms with Crippen molar-refractivity contribution in [1.82, 2.24) is 4.90 Å². The fourth-order valence-corrected chi connectivity index (χ4v) is 0.618. The highest BCUT2D eigenvalue weighted by Crippen LogP contribution is 1.98. The molecule has 0 aromatic carbocycles. The molecule has 2 nitrogen and oxygen atoms in total. The average Bonchev–Trinajstić information content (AvgIpc) is 1.81. The van der Waals surface area contributed by atoms with Crippen molar-refractivity contribution in [2.24, 2.45) is 0 Å². The van der Waals surface area contributed by atoms with E-state index in [9.17, 15) is 0 Å². The van der Waals surface area contributed by atoms with E-state index in [2.05, 4.69) is 6.07 Å². The second-order valence-electron chi connectivity index (χ2n) is 2.78. The normalized spacial score (nSPS) is 12.4. The predicted molar refractivity (Wildman–Crippen MR) is 42.5 cm³/mol. The molecule has 10 heavy (non-hydrogen) atoms. The lowest BCUT2D eigenvalue weighted by atomic mass is 10.2. The van der Waals surface area contributed by atoms with Gasteiger partial charge in [0.25, 0.3) is 0 Å². The molecule has 0 aliphatic carbocycles. The third-order valence-corrected chi connectivity index (χ3v) is 1.18. The minimum Gasteiger partial charge on any atom is -0.291 e. The van der Waals surface area contributed by atoms with Gasteiger partial charge in [0.1, 0.15) is 6.04 Å². The highest BCUT2D eigenvalue weighted by molar-refractivity contribution is 5.10. The summed E-state index contributed by atoms with van der Waals surface area (Å²) in [6.07, 6.45) is 1.94. The molecule has 0 spiro atoms. The van der Waals surface area contributed by atoms with E-state index in [0.29, 0.717) is 0 Å². The van der Waals surface area contributed by atoms with Crippen molar-refractivity contribution >= 4 is 0 Å². The predicted octanol–water partition coefficient (Wildman–Crippen LogP) is 1.41. The van der Waals surface area contributed by atoms with E-state index < -0.39 is 0 Å². The molecule has 0 aliphatic heterocycles. The summed E-state index contributed by atoms with van der Waals surface area (Å²) in [7, 11) is 3.79. The maximum absolute atomic E-state index is 8.61. The first-order valence-electron chi connectivity index (χ1n) is 3.29. The van der Waals surface area contributed by atoms with Gasteiger partial charge in [0, 0.05) is 0 Å². The fraction of sp³-hybridized carbons (Fsp3) is 0.625. The Balaban J connectivity index is 4.13. The first kappa shape index (κ1) is 9.19. The zero-order valence-corrected chi connectivity index (χ0v) is 7.05. The van der Waals surface area contributed by atoms with Gasteiger partial charge in [0.2, 0.25) is 0 Å². The van der Waals surface area contributed by atoms with Crippen molar-refractivity contribution in [2.75, 3.05) is 14.1 Å². The lowest BCUT2D eigenvalue weighted by molar-refractivity contribution is 0.396. The standard InChI is InChI=1S/C8H14N2/c1-7(2)5-8(6-9)10(3)4/h5,8H,1-4H3. The molecule has 0 bridgehead atoms. The molecule has 0 aliphatic rings. The number of nitriles is 1. The van der Waals surface area contributed by atoms with Crippen molar-refractivity contribution in [2.45, 2.75) is 19.9 Å². The molecule has 0 saturated carbocycles. The molecule has 0 amide bonds. The minimum absolute atomic E-state index is 0.0787. The van der Waals surface area contributed by atoms with Crippen molar-refractivity contribution < 1.29 is 0 Å². The lowest BCUT2D eigenvalue weighted by Crippen LogP contribution is -2.24. The van der Waals surface area contributed by atoms with Crippen LogP contribution < -0.4 is 0 Å². The Morgan fingerprint density at radius 1 is 1.50 bits per heavy atom. The van der Waals surface area contributed by atoms with Gasteiger partial charge in [-0.1, -0.05) is 11.6 Å². The Morgan fingerprint density at radius 2 is 2.00 bits per heavy atom. The molecule has 0 aromatic rings. The number of rotatable bonds is 2. The van der Waals surface area contributed by atoms with E-state index in [1.54, 1.807) is 0 Å². The lowest BCUT2D eigenvalue weighted by Gasteiger charge is -2.12. The summed E-state index contributed by atoms with van der Waals surface area (Å²) in [5, 5.41) is 8.61. The van der Waals surface area contributed by atoms with Gasteiger partial charge in [0.15, 0.2) is 0 Å². The van der Waals surface area contributed by atoms with Crippen LogP contribution in [0.4, 0.5) is 0 Å². The van der Waals surface area contributed by atoms with Gasteiger partial charge in [-0.3, -0.25) is 4.90 Å². The molecule has 1 unspecified atom stereocenters. The van der Waals surface area contributed by atoms with E-state index in [0.717, 1.165) is 0 Å². The highest BCUT2D eigenvalue weighted by Gasteiger charge is 2.03. The number of hydrogen-bond acceptors (Lipinski definition) is 2. The zero-order chi connectivity index (χ0) is 8.15. The summed E-state index contributed by atoms with van der Waals surface area (Å²) in [5.41, 5.74) is 1.18. The van der Waals surface area contributed by atoms with Gasteiger partial charge >= 0.3 is 0 Å². The monoisotopic (exact) mass is 138 g/mol. The maximum Gasteiger partial charge on any atom is 0.116 e. The summed E-state index contributed by atoms with van der Waals surface area (Å²) in [4.78, 5) is 1.88. The largest absolute Gasteiger partial charge is 0.291 e. The minimum atomic E-state index is -0.0787. The molecule has 0 heterocycles. The van der Waals surface area contributed by atoms with Crippen LogP contribution in [0.15, 0.2) is 11.6 Å². The molecule has 0 N–H and O–H groups in total. The van der Waals surface area contributed by atoms with E-state index in [1.165, 1.54) is 5.57 Å². The molecule has 2 heteroatoms. The quantitative estimate of drug-likeness (QED) is 0.539. The molecule has 0 aromatic heterocycles. The molecule has 0 fully saturated rings. The van der Waals surface area contributed by atoms with Crippen LogP contribution in [0.5, 0.6) is 0 Å². The molecular weight excluding hydrogens is 124 g/mol. The van der Waals surface area contributed by atoms with Gasteiger partial charge in [-0.15, -0.1) is 0 Å². The third kappa shape index (κ3) is 3.26. The number of nitrogens with zero attached hydrogens (tertiary/aromatic N) is 2. The Hall–Kier alpha value is -0.810. The zero-order valence-electron chi connectivity index (χ0n) is 7.05. The first-order chi connectivity index (χ1) is 4.57. The van der Waals surface area contributed by atoms with Crippen LogP contribution in [0.25, 0.3) is 0 Å². The molecule has 1 atom stereocenters. The van der Waals surface area contributed by atoms with Gasteiger partial charge in [-0.05, 0) is 27.9 Å². The van der Waals surface area contributed by atoms with E-state index >= 15 is 0 Å². The van der Waals surface area contributed by atoms with E-state index in [1.807, 2.05) is 38.9 Å². The molecule has 0 radical (unpaired) electrons. The summed E-state index contributed by atoms with van der Waals surface area (Å²) >= 11 is 0. The van der Waals surface area contributed by atoms with E-state index in [4.69, 9.17) is 5.26 Å². The number of hydrogen-bond donors (Lipinski definition) is 0. The Morgan fingerprint density at radius 3 is 2.10 bits per heavy atom. The van der Waals surface area contributed by atoms with Crippen LogP contribution in [0.2, 0.25) is 0 Å². The maximum atomic E-state index is 8.61. The molecular formula is C8H14N2. The second-order valence-corrected chi connectivity index (χ2v) is 2.78. The van der Waals surface area contributed by atoms with Gasteiger partial charge < -0.3 is 0 Å². The smallest absolute Gasteiger partial charge is 0.116 e. The Labute approximate surface area is 62.8 Å². The van der Waals surface area contributed by atoms with Crippen molar-refractivity contribution in [3.8, 4) is 6.07 Å². The third-order valence-electron chi connectivity index (χ3n) is 1.18. The van der Waals surface area contributed by atoms with Gasteiger partial charge in [0.05, 0.1) is 6.07 Å². The van der Waals surface area contributed by atoms with Gasteiger partial charge in [-0.2, -0.15) is 5.26 Å². The van der Waals surface area contributed by atoms with Crippen LogP contribution in [0.1, 0.15) is 13.8 Å². The molecule has 0 rings (SSSR count).